The lowest BCUT2D eigenvalue weighted by Crippen LogP contribution is -2.33. The molecular formula is C13H17NO4. The molecular weight excluding hydrogens is 234 g/mol. The van der Waals surface area contributed by atoms with E-state index in [0.29, 0.717) is 25.3 Å². The number of hydrogen-bond donors (Lipinski definition) is 1. The first-order valence-electron chi connectivity index (χ1n) is 5.91. The standard InChI is InChI=1S/C13H17NO4/c1-17-11-2-4-12(5-3-11)18-9-13(16)14-7-6-10(15)8-14/h2-5,10,15H,6-9H2,1H3/t10-/m0/s1. The van der Waals surface area contributed by atoms with Gasteiger partial charge in [0.05, 0.1) is 13.2 Å². The highest BCUT2D eigenvalue weighted by Gasteiger charge is 2.24. The Morgan fingerprint density at radius 3 is 2.61 bits per heavy atom. The van der Waals surface area contributed by atoms with Gasteiger partial charge in [-0.1, -0.05) is 0 Å². The number of nitrogens with zero attached hydrogens (tertiary/aromatic N) is 1. The molecule has 5 heteroatoms. The van der Waals surface area contributed by atoms with Gasteiger partial charge >= 0.3 is 0 Å². The van der Waals surface area contributed by atoms with Gasteiger partial charge < -0.3 is 19.5 Å². The van der Waals surface area contributed by atoms with Gasteiger partial charge in [0, 0.05) is 13.1 Å². The number of likely N-dealkylation sites (tertiary alicyclic amines) is 1. The Morgan fingerprint density at radius 1 is 1.39 bits per heavy atom. The number of hydrogen-bond acceptors (Lipinski definition) is 4. The molecule has 98 valence electrons. The smallest absolute Gasteiger partial charge is 0.260 e. The van der Waals surface area contributed by atoms with Crippen LogP contribution >= 0.6 is 0 Å². The van der Waals surface area contributed by atoms with Gasteiger partial charge in [0.25, 0.3) is 5.91 Å². The van der Waals surface area contributed by atoms with E-state index in [4.69, 9.17) is 9.47 Å². The van der Waals surface area contributed by atoms with Crippen LogP contribution in [0.15, 0.2) is 24.3 Å². The zero-order chi connectivity index (χ0) is 13.0. The highest BCUT2D eigenvalue weighted by Crippen LogP contribution is 2.17. The lowest BCUT2D eigenvalue weighted by molar-refractivity contribution is -0.132. The van der Waals surface area contributed by atoms with Crippen LogP contribution in [0.2, 0.25) is 0 Å². The molecule has 0 aliphatic carbocycles. The Morgan fingerprint density at radius 2 is 2.06 bits per heavy atom. The zero-order valence-corrected chi connectivity index (χ0v) is 10.3. The van der Waals surface area contributed by atoms with Gasteiger partial charge in [-0.2, -0.15) is 0 Å². The molecule has 1 aliphatic heterocycles. The fourth-order valence-corrected chi connectivity index (χ4v) is 1.88. The Hall–Kier alpha value is -1.75. The van der Waals surface area contributed by atoms with Crippen LogP contribution in [-0.4, -0.2) is 48.8 Å². The topological polar surface area (TPSA) is 59.0 Å². The summed E-state index contributed by atoms with van der Waals surface area (Å²) < 4.78 is 10.4. The van der Waals surface area contributed by atoms with Gasteiger partial charge in [-0.3, -0.25) is 4.79 Å². The molecule has 5 nitrogen and oxygen atoms in total. The van der Waals surface area contributed by atoms with E-state index in [9.17, 15) is 9.90 Å². The van der Waals surface area contributed by atoms with E-state index >= 15 is 0 Å². The first-order chi connectivity index (χ1) is 8.69. The predicted octanol–water partition coefficient (Wildman–Crippen LogP) is 0.667. The highest BCUT2D eigenvalue weighted by atomic mass is 16.5. The van der Waals surface area contributed by atoms with Crippen LogP contribution in [0.1, 0.15) is 6.42 Å². The van der Waals surface area contributed by atoms with E-state index in [1.807, 2.05) is 0 Å². The SMILES string of the molecule is COc1ccc(OCC(=O)N2CC[C@H](O)C2)cc1. The summed E-state index contributed by atoms with van der Waals surface area (Å²) in [4.78, 5) is 13.4. The summed E-state index contributed by atoms with van der Waals surface area (Å²) in [6.45, 7) is 1.01. The lowest BCUT2D eigenvalue weighted by Gasteiger charge is -2.15. The Labute approximate surface area is 106 Å². The van der Waals surface area contributed by atoms with E-state index < -0.39 is 6.10 Å². The first kappa shape index (κ1) is 12.7. The Balaban J connectivity index is 1.81. The number of carbonyl (C=O) groups excluding carboxylic acids is 1. The second kappa shape index (κ2) is 5.73. The van der Waals surface area contributed by atoms with E-state index in [1.54, 1.807) is 36.3 Å². The summed E-state index contributed by atoms with van der Waals surface area (Å²) in [7, 11) is 1.60. The van der Waals surface area contributed by atoms with Crippen molar-refractivity contribution in [2.24, 2.45) is 0 Å². The number of methoxy groups -OCH3 is 1. The first-order valence-corrected chi connectivity index (χ1v) is 5.91. The van der Waals surface area contributed by atoms with Crippen LogP contribution in [-0.2, 0) is 4.79 Å². The van der Waals surface area contributed by atoms with Crippen molar-refractivity contribution in [1.29, 1.82) is 0 Å². The number of β-amino-alcohol motifs (C(OH)–C–C–N with tert-alkyl or cyclic N) is 1. The van der Waals surface area contributed by atoms with Gasteiger partial charge in [0.15, 0.2) is 6.61 Å². The van der Waals surface area contributed by atoms with Gasteiger partial charge in [0.2, 0.25) is 0 Å². The van der Waals surface area contributed by atoms with E-state index in [0.717, 1.165) is 5.75 Å². The van der Waals surface area contributed by atoms with Crippen molar-refractivity contribution in [3.05, 3.63) is 24.3 Å². The van der Waals surface area contributed by atoms with Crippen molar-refractivity contribution < 1.29 is 19.4 Å². The third-order valence-corrected chi connectivity index (χ3v) is 2.94. The monoisotopic (exact) mass is 251 g/mol. The van der Waals surface area contributed by atoms with Crippen LogP contribution in [0, 0.1) is 0 Å². The van der Waals surface area contributed by atoms with E-state index in [-0.39, 0.29) is 12.5 Å². The quantitative estimate of drug-likeness (QED) is 0.854. The fourth-order valence-electron chi connectivity index (χ4n) is 1.88. The van der Waals surface area contributed by atoms with Crippen LogP contribution in [0.3, 0.4) is 0 Å². The number of amides is 1. The largest absolute Gasteiger partial charge is 0.497 e. The molecule has 1 N–H and O–H groups in total. The molecule has 0 aromatic heterocycles. The maximum atomic E-state index is 11.8. The minimum atomic E-state index is -0.394. The van der Waals surface area contributed by atoms with Crippen LogP contribution < -0.4 is 9.47 Å². The summed E-state index contributed by atoms with van der Waals surface area (Å²) in [6.07, 6.45) is 0.254. The minimum Gasteiger partial charge on any atom is -0.497 e. The van der Waals surface area contributed by atoms with Crippen LogP contribution in [0.5, 0.6) is 11.5 Å². The molecule has 2 rings (SSSR count). The molecule has 1 aliphatic rings. The number of rotatable bonds is 4. The van der Waals surface area contributed by atoms with Crippen molar-refractivity contribution >= 4 is 5.91 Å². The number of carbonyl (C=O) groups is 1. The predicted molar refractivity (Wildman–Crippen MR) is 65.7 cm³/mol. The number of aliphatic hydroxyl groups is 1. The summed E-state index contributed by atoms with van der Waals surface area (Å²) in [5.41, 5.74) is 0. The summed E-state index contributed by atoms with van der Waals surface area (Å²) in [6, 6.07) is 7.06. The molecule has 0 unspecified atom stereocenters. The average molecular weight is 251 g/mol. The molecule has 1 heterocycles. The number of benzene rings is 1. The third kappa shape index (κ3) is 3.13. The zero-order valence-electron chi connectivity index (χ0n) is 10.3. The van der Waals surface area contributed by atoms with Crippen LogP contribution in [0.25, 0.3) is 0 Å². The molecule has 0 saturated carbocycles. The average Bonchev–Trinajstić information content (AvgIpc) is 2.83. The van der Waals surface area contributed by atoms with Crippen molar-refractivity contribution in [2.45, 2.75) is 12.5 Å². The van der Waals surface area contributed by atoms with E-state index in [1.165, 1.54) is 0 Å². The molecule has 1 aromatic rings. The molecule has 1 atom stereocenters. The van der Waals surface area contributed by atoms with E-state index in [2.05, 4.69) is 0 Å². The molecule has 1 aromatic carbocycles. The molecule has 1 amide bonds. The number of ether oxygens (including phenoxy) is 2. The van der Waals surface area contributed by atoms with Gasteiger partial charge in [-0.25, -0.2) is 0 Å². The van der Waals surface area contributed by atoms with Gasteiger partial charge in [0.1, 0.15) is 11.5 Å². The highest BCUT2D eigenvalue weighted by molar-refractivity contribution is 5.78. The van der Waals surface area contributed by atoms with Crippen molar-refractivity contribution in [1.82, 2.24) is 4.90 Å². The maximum Gasteiger partial charge on any atom is 0.260 e. The second-order valence-corrected chi connectivity index (χ2v) is 4.25. The Kier molecular flexibility index (Phi) is 4.04. The fraction of sp³-hybridized carbons (Fsp3) is 0.462. The number of aliphatic hydroxyl groups excluding tert-OH is 1. The Bertz CT molecular complexity index is 404. The minimum absolute atomic E-state index is 0.000944. The van der Waals surface area contributed by atoms with Crippen molar-refractivity contribution in [3.8, 4) is 11.5 Å². The molecule has 0 spiro atoms. The summed E-state index contributed by atoms with van der Waals surface area (Å²) in [5.74, 6) is 1.28. The second-order valence-electron chi connectivity index (χ2n) is 4.25. The van der Waals surface area contributed by atoms with Gasteiger partial charge in [-0.15, -0.1) is 0 Å². The summed E-state index contributed by atoms with van der Waals surface area (Å²) >= 11 is 0. The van der Waals surface area contributed by atoms with Gasteiger partial charge in [-0.05, 0) is 30.7 Å². The molecule has 18 heavy (non-hydrogen) atoms. The normalized spacial score (nSPS) is 18.8. The lowest BCUT2D eigenvalue weighted by atomic mass is 10.3. The maximum absolute atomic E-state index is 11.8. The third-order valence-electron chi connectivity index (χ3n) is 2.94. The molecule has 0 radical (unpaired) electrons. The molecule has 1 fully saturated rings. The van der Waals surface area contributed by atoms with Crippen LogP contribution in [0.4, 0.5) is 0 Å². The molecule has 1 saturated heterocycles. The summed E-state index contributed by atoms with van der Waals surface area (Å²) in [5, 5.41) is 9.34. The van der Waals surface area contributed by atoms with Crippen molar-refractivity contribution in [3.63, 3.8) is 0 Å². The van der Waals surface area contributed by atoms with Crippen molar-refractivity contribution in [2.75, 3.05) is 26.8 Å². The molecule has 0 bridgehead atoms.